The highest BCUT2D eigenvalue weighted by Gasteiger charge is 2.19. The minimum absolute atomic E-state index is 0.129. The Hall–Kier alpha value is -4.91. The number of hydrogen-bond donors (Lipinski definition) is 2. The number of nitrogens with zero attached hydrogens (tertiary/aromatic N) is 2. The number of thiophene rings is 1. The van der Waals surface area contributed by atoms with Gasteiger partial charge in [0.25, 0.3) is 5.56 Å². The highest BCUT2D eigenvalue weighted by atomic mass is 32.1. The number of benzene rings is 2. The molecule has 0 unspecified atom stereocenters. The predicted molar refractivity (Wildman–Crippen MR) is 150 cm³/mol. The summed E-state index contributed by atoms with van der Waals surface area (Å²) in [6.45, 7) is 1.63. The summed E-state index contributed by atoms with van der Waals surface area (Å²) < 4.78 is 18.1. The van der Waals surface area contributed by atoms with Crippen molar-refractivity contribution >= 4 is 45.0 Å². The van der Waals surface area contributed by atoms with Crippen LogP contribution in [-0.2, 0) is 34.0 Å². The smallest absolute Gasteiger partial charge is 0.340 e. The Balaban J connectivity index is 1.30. The van der Waals surface area contributed by atoms with Crippen LogP contribution in [0.1, 0.15) is 29.3 Å². The maximum atomic E-state index is 13.4. The zero-order chi connectivity index (χ0) is 28.9. The molecule has 1 aliphatic rings. The summed E-state index contributed by atoms with van der Waals surface area (Å²) in [6, 6.07) is 13.3. The standard InChI is InChI=1S/C28H26N4O8S/c1-2-38-27(36)18-5-3-4-6-19(18)30-24(34)15-32-20-10-12-41-25(20)26(35)31(28(32)37)11-9-23(33)29-14-17-7-8-21-22(13-17)40-16-39-21/h3-8,10,12-13H,2,9,11,14-16H2,1H3,(H,29,33)(H,30,34). The number of para-hydroxylation sites is 1. The highest BCUT2D eigenvalue weighted by molar-refractivity contribution is 7.17. The molecule has 3 heterocycles. The summed E-state index contributed by atoms with van der Waals surface area (Å²) in [6.07, 6.45) is -0.129. The quantitative estimate of drug-likeness (QED) is 0.273. The van der Waals surface area contributed by atoms with Gasteiger partial charge in [0.1, 0.15) is 11.2 Å². The molecule has 0 bridgehead atoms. The lowest BCUT2D eigenvalue weighted by Crippen LogP contribution is -2.42. The van der Waals surface area contributed by atoms with Crippen molar-refractivity contribution in [2.45, 2.75) is 33.0 Å². The van der Waals surface area contributed by atoms with E-state index in [9.17, 15) is 24.0 Å². The average molecular weight is 579 g/mol. The zero-order valence-corrected chi connectivity index (χ0v) is 22.8. The summed E-state index contributed by atoms with van der Waals surface area (Å²) in [5.41, 5.74) is 0.261. The van der Waals surface area contributed by atoms with Crippen molar-refractivity contribution in [2.24, 2.45) is 0 Å². The Morgan fingerprint density at radius 3 is 2.63 bits per heavy atom. The minimum Gasteiger partial charge on any atom is -0.462 e. The van der Waals surface area contributed by atoms with Crippen LogP contribution in [0.2, 0.25) is 0 Å². The van der Waals surface area contributed by atoms with Crippen LogP contribution in [-0.4, -0.2) is 40.3 Å². The summed E-state index contributed by atoms with van der Waals surface area (Å²) in [7, 11) is 0. The fourth-order valence-corrected chi connectivity index (χ4v) is 5.19. The van der Waals surface area contributed by atoms with Crippen molar-refractivity contribution in [3.05, 3.63) is 85.9 Å². The second-order valence-electron chi connectivity index (χ2n) is 8.99. The topological polar surface area (TPSA) is 147 Å². The van der Waals surface area contributed by atoms with Crippen LogP contribution in [0.15, 0.2) is 63.5 Å². The molecule has 0 saturated carbocycles. The molecule has 2 aromatic carbocycles. The first-order chi connectivity index (χ1) is 19.9. The van der Waals surface area contributed by atoms with Crippen LogP contribution in [0.25, 0.3) is 10.2 Å². The van der Waals surface area contributed by atoms with Gasteiger partial charge in [0.2, 0.25) is 18.6 Å². The maximum absolute atomic E-state index is 13.4. The zero-order valence-electron chi connectivity index (χ0n) is 22.0. The second kappa shape index (κ2) is 12.1. The number of amides is 2. The van der Waals surface area contributed by atoms with E-state index < -0.39 is 29.7 Å². The van der Waals surface area contributed by atoms with E-state index in [0.717, 1.165) is 21.5 Å². The van der Waals surface area contributed by atoms with Gasteiger partial charge in [0.15, 0.2) is 11.5 Å². The monoisotopic (exact) mass is 578 g/mol. The Morgan fingerprint density at radius 2 is 1.80 bits per heavy atom. The maximum Gasteiger partial charge on any atom is 0.340 e. The van der Waals surface area contributed by atoms with Crippen molar-refractivity contribution in [1.82, 2.24) is 14.5 Å². The molecule has 1 aliphatic heterocycles. The highest BCUT2D eigenvalue weighted by Crippen LogP contribution is 2.32. The predicted octanol–water partition coefficient (Wildman–Crippen LogP) is 2.48. The number of nitrogens with one attached hydrogen (secondary N) is 2. The van der Waals surface area contributed by atoms with E-state index in [0.29, 0.717) is 17.0 Å². The number of ether oxygens (including phenoxy) is 3. The SMILES string of the molecule is CCOC(=O)c1ccccc1NC(=O)Cn1c(=O)n(CCC(=O)NCc2ccc3c(c2)OCO3)c(=O)c2sccc21. The van der Waals surface area contributed by atoms with Crippen LogP contribution >= 0.6 is 11.3 Å². The largest absolute Gasteiger partial charge is 0.462 e. The molecular formula is C28H26N4O8S. The molecule has 41 heavy (non-hydrogen) atoms. The molecular weight excluding hydrogens is 552 g/mol. The van der Waals surface area contributed by atoms with Gasteiger partial charge in [-0.1, -0.05) is 18.2 Å². The van der Waals surface area contributed by atoms with Gasteiger partial charge in [-0.05, 0) is 48.2 Å². The Labute approximate surface area is 237 Å². The number of rotatable bonds is 10. The number of aromatic nitrogens is 2. The van der Waals surface area contributed by atoms with Crippen LogP contribution in [0.4, 0.5) is 5.69 Å². The van der Waals surface area contributed by atoms with E-state index in [2.05, 4.69) is 10.6 Å². The third kappa shape index (κ3) is 5.99. The molecule has 4 aromatic rings. The van der Waals surface area contributed by atoms with Gasteiger partial charge in [0, 0.05) is 19.5 Å². The Kier molecular flexibility index (Phi) is 8.15. The van der Waals surface area contributed by atoms with Crippen molar-refractivity contribution in [1.29, 1.82) is 0 Å². The minimum atomic E-state index is -0.724. The number of fused-ring (bicyclic) bond motifs is 2. The number of carbonyl (C=O) groups excluding carboxylic acids is 3. The van der Waals surface area contributed by atoms with Gasteiger partial charge in [-0.2, -0.15) is 0 Å². The fourth-order valence-electron chi connectivity index (χ4n) is 4.35. The van der Waals surface area contributed by atoms with Crippen molar-refractivity contribution in [3.63, 3.8) is 0 Å². The number of carbonyl (C=O) groups is 3. The number of anilines is 1. The van der Waals surface area contributed by atoms with Crippen LogP contribution < -0.4 is 31.4 Å². The van der Waals surface area contributed by atoms with E-state index in [1.54, 1.807) is 54.8 Å². The first-order valence-electron chi connectivity index (χ1n) is 12.8. The molecule has 2 N–H and O–H groups in total. The summed E-state index contributed by atoms with van der Waals surface area (Å²) in [5.74, 6) is -0.299. The summed E-state index contributed by atoms with van der Waals surface area (Å²) in [5, 5.41) is 7.07. The van der Waals surface area contributed by atoms with Gasteiger partial charge in [-0.25, -0.2) is 9.59 Å². The molecule has 13 heteroatoms. The first-order valence-corrected chi connectivity index (χ1v) is 13.7. The second-order valence-corrected chi connectivity index (χ2v) is 9.91. The van der Waals surface area contributed by atoms with Gasteiger partial charge < -0.3 is 24.8 Å². The van der Waals surface area contributed by atoms with Gasteiger partial charge in [0.05, 0.1) is 23.4 Å². The van der Waals surface area contributed by atoms with E-state index >= 15 is 0 Å². The molecule has 0 radical (unpaired) electrons. The van der Waals surface area contributed by atoms with Crippen molar-refractivity contribution < 1.29 is 28.6 Å². The number of esters is 1. The van der Waals surface area contributed by atoms with Crippen LogP contribution in [0, 0.1) is 0 Å². The molecule has 5 rings (SSSR count). The van der Waals surface area contributed by atoms with E-state index in [1.807, 2.05) is 0 Å². The van der Waals surface area contributed by atoms with Gasteiger partial charge in [-0.15, -0.1) is 11.3 Å². The molecule has 212 valence electrons. The molecule has 12 nitrogen and oxygen atoms in total. The Bertz CT molecular complexity index is 1760. The van der Waals surface area contributed by atoms with E-state index in [-0.39, 0.29) is 54.8 Å². The third-order valence-electron chi connectivity index (χ3n) is 6.32. The number of hydrogen-bond acceptors (Lipinski definition) is 9. The normalized spacial score (nSPS) is 11.8. The van der Waals surface area contributed by atoms with Gasteiger partial charge in [-0.3, -0.25) is 23.5 Å². The molecule has 0 atom stereocenters. The van der Waals surface area contributed by atoms with Crippen molar-refractivity contribution in [3.8, 4) is 11.5 Å². The lowest BCUT2D eigenvalue weighted by Gasteiger charge is -2.14. The average Bonchev–Trinajstić information content (AvgIpc) is 3.64. The molecule has 2 aromatic heterocycles. The lowest BCUT2D eigenvalue weighted by atomic mass is 10.2. The third-order valence-corrected chi connectivity index (χ3v) is 7.22. The van der Waals surface area contributed by atoms with Crippen LogP contribution in [0.5, 0.6) is 11.5 Å². The lowest BCUT2D eigenvalue weighted by molar-refractivity contribution is -0.121. The van der Waals surface area contributed by atoms with Crippen molar-refractivity contribution in [2.75, 3.05) is 18.7 Å². The van der Waals surface area contributed by atoms with Gasteiger partial charge >= 0.3 is 11.7 Å². The fraction of sp³-hybridized carbons (Fsp3) is 0.250. The Morgan fingerprint density at radius 1 is 1.00 bits per heavy atom. The molecule has 0 saturated heterocycles. The molecule has 2 amide bonds. The first kappa shape index (κ1) is 27.6. The van der Waals surface area contributed by atoms with E-state index in [1.165, 1.54) is 10.6 Å². The summed E-state index contributed by atoms with van der Waals surface area (Å²) >= 11 is 1.14. The summed E-state index contributed by atoms with van der Waals surface area (Å²) in [4.78, 5) is 64.3. The molecule has 0 aliphatic carbocycles. The molecule has 0 spiro atoms. The molecule has 0 fully saturated rings. The van der Waals surface area contributed by atoms with Crippen LogP contribution in [0.3, 0.4) is 0 Å². The van der Waals surface area contributed by atoms with E-state index in [4.69, 9.17) is 14.2 Å².